The fourth-order valence-electron chi connectivity index (χ4n) is 3.12. The molecule has 0 fully saturated rings. The molecule has 0 bridgehead atoms. The van der Waals surface area contributed by atoms with Crippen LogP contribution in [-0.2, 0) is 0 Å². The normalized spacial score (nSPS) is 11.2. The molecular formula is C24H18N2O3. The maximum atomic E-state index is 12.9. The molecule has 5 nitrogen and oxygen atoms in total. The number of aliphatic imine (C=N–C) groups is 1. The van der Waals surface area contributed by atoms with Crippen molar-refractivity contribution in [3.8, 4) is 22.8 Å². The lowest BCUT2D eigenvalue weighted by Crippen LogP contribution is -2.06. The Kier molecular flexibility index (Phi) is 5.03. The lowest BCUT2D eigenvalue weighted by atomic mass is 10.0. The lowest BCUT2D eigenvalue weighted by molar-refractivity contribution is 0.100. The average molecular weight is 382 g/mol. The predicted octanol–water partition coefficient (Wildman–Crippen LogP) is 4.61. The second-order valence-electron chi connectivity index (χ2n) is 6.57. The van der Waals surface area contributed by atoms with Gasteiger partial charge in [0.1, 0.15) is 18.0 Å². The Balaban J connectivity index is 1.67. The number of phenolic OH excluding ortho intramolecular Hbond substituents is 2. The molecule has 0 unspecified atom stereocenters. The highest BCUT2D eigenvalue weighted by molar-refractivity contribution is 6.09. The molecule has 0 radical (unpaired) electrons. The summed E-state index contributed by atoms with van der Waals surface area (Å²) in [5, 5.41) is 20.0. The third-order valence-electron chi connectivity index (χ3n) is 4.57. The van der Waals surface area contributed by atoms with Crippen molar-refractivity contribution < 1.29 is 15.0 Å². The summed E-state index contributed by atoms with van der Waals surface area (Å²) in [7, 11) is 0. The largest absolute Gasteiger partial charge is 0.508 e. The molecule has 4 rings (SSSR count). The first kappa shape index (κ1) is 18.4. The molecule has 5 heteroatoms. The number of benzene rings is 3. The summed E-state index contributed by atoms with van der Waals surface area (Å²) < 4.78 is 0. The number of fused-ring (bicyclic) bond motifs is 1. The van der Waals surface area contributed by atoms with Gasteiger partial charge >= 0.3 is 0 Å². The van der Waals surface area contributed by atoms with Crippen molar-refractivity contribution in [3.63, 3.8) is 0 Å². The molecule has 142 valence electrons. The molecule has 29 heavy (non-hydrogen) atoms. The molecule has 4 aromatic rings. The van der Waals surface area contributed by atoms with Crippen molar-refractivity contribution in [2.24, 2.45) is 4.99 Å². The number of Topliss-reactive ketones (excluding diaryl/α,β-unsaturated/α-hetero) is 1. The monoisotopic (exact) mass is 382 g/mol. The summed E-state index contributed by atoms with van der Waals surface area (Å²) >= 11 is 0. The van der Waals surface area contributed by atoms with Crippen molar-refractivity contribution in [3.05, 3.63) is 90.0 Å². The Morgan fingerprint density at radius 3 is 2.48 bits per heavy atom. The molecule has 0 aliphatic rings. The van der Waals surface area contributed by atoms with E-state index in [0.717, 1.165) is 22.2 Å². The first-order chi connectivity index (χ1) is 14.1. The summed E-state index contributed by atoms with van der Waals surface area (Å²) in [6.07, 6.45) is 1.42. The molecule has 0 atom stereocenters. The van der Waals surface area contributed by atoms with E-state index in [-0.39, 0.29) is 23.8 Å². The van der Waals surface area contributed by atoms with Gasteiger partial charge in [0.05, 0.1) is 11.2 Å². The van der Waals surface area contributed by atoms with Crippen LogP contribution < -0.4 is 0 Å². The van der Waals surface area contributed by atoms with Gasteiger partial charge in [-0.15, -0.1) is 0 Å². The van der Waals surface area contributed by atoms with Crippen LogP contribution in [0.5, 0.6) is 11.5 Å². The fraction of sp³-hybridized carbons (Fsp3) is 0.0417. The number of para-hydroxylation sites is 1. The van der Waals surface area contributed by atoms with E-state index in [1.807, 2.05) is 54.6 Å². The van der Waals surface area contributed by atoms with Crippen LogP contribution in [0, 0.1) is 0 Å². The number of nitrogens with zero attached hydrogens (tertiary/aromatic N) is 2. The van der Waals surface area contributed by atoms with E-state index < -0.39 is 0 Å². The number of carbonyl (C=O) groups is 1. The standard InChI is InChI=1S/C24H18N2O3/c27-18-11-10-17(23(28)12-18)14-25-15-24(29)20-13-22(16-6-2-1-3-7-16)26-21-9-5-4-8-19(20)21/h1-14,27-28H,15H2. The second kappa shape index (κ2) is 7.94. The topological polar surface area (TPSA) is 82.8 Å². The molecule has 0 saturated carbocycles. The minimum atomic E-state index is -0.143. The Morgan fingerprint density at radius 1 is 0.931 bits per heavy atom. The zero-order valence-corrected chi connectivity index (χ0v) is 15.5. The van der Waals surface area contributed by atoms with E-state index in [2.05, 4.69) is 9.98 Å². The van der Waals surface area contributed by atoms with E-state index in [9.17, 15) is 15.0 Å². The van der Waals surface area contributed by atoms with Gasteiger partial charge in [0, 0.05) is 34.4 Å². The van der Waals surface area contributed by atoms with Gasteiger partial charge in [-0.2, -0.15) is 0 Å². The first-order valence-corrected chi connectivity index (χ1v) is 9.12. The number of rotatable bonds is 5. The molecule has 0 aliphatic carbocycles. The Hall–Kier alpha value is -3.99. The van der Waals surface area contributed by atoms with Crippen LogP contribution in [0.3, 0.4) is 0 Å². The highest BCUT2D eigenvalue weighted by Gasteiger charge is 2.13. The number of phenols is 2. The number of hydrogen-bond acceptors (Lipinski definition) is 5. The lowest BCUT2D eigenvalue weighted by Gasteiger charge is -2.08. The molecular weight excluding hydrogens is 364 g/mol. The molecule has 0 aliphatic heterocycles. The van der Waals surface area contributed by atoms with Crippen LogP contribution in [-0.4, -0.2) is 33.7 Å². The summed E-state index contributed by atoms with van der Waals surface area (Å²) in [6, 6.07) is 23.3. The molecule has 0 amide bonds. The summed E-state index contributed by atoms with van der Waals surface area (Å²) in [5.74, 6) is -0.273. The van der Waals surface area contributed by atoms with Gasteiger partial charge in [0.15, 0.2) is 5.78 Å². The third kappa shape index (κ3) is 3.99. The van der Waals surface area contributed by atoms with Gasteiger partial charge in [0.25, 0.3) is 0 Å². The Morgan fingerprint density at radius 2 is 1.69 bits per heavy atom. The van der Waals surface area contributed by atoms with Crippen LogP contribution >= 0.6 is 0 Å². The number of carbonyl (C=O) groups excluding carboxylic acids is 1. The van der Waals surface area contributed by atoms with Gasteiger partial charge in [-0.25, -0.2) is 4.98 Å². The van der Waals surface area contributed by atoms with E-state index in [1.165, 1.54) is 24.4 Å². The van der Waals surface area contributed by atoms with Crippen LogP contribution in [0.4, 0.5) is 0 Å². The van der Waals surface area contributed by atoms with Gasteiger partial charge < -0.3 is 10.2 Å². The van der Waals surface area contributed by atoms with Gasteiger partial charge in [-0.05, 0) is 24.3 Å². The second-order valence-corrected chi connectivity index (χ2v) is 6.57. The highest BCUT2D eigenvalue weighted by atomic mass is 16.3. The van der Waals surface area contributed by atoms with E-state index in [0.29, 0.717) is 11.1 Å². The Labute approximate surface area is 167 Å². The maximum Gasteiger partial charge on any atom is 0.184 e. The number of ketones is 1. The number of aromatic hydroxyl groups is 2. The Bertz CT molecular complexity index is 1220. The van der Waals surface area contributed by atoms with E-state index in [1.54, 1.807) is 6.07 Å². The third-order valence-corrected chi connectivity index (χ3v) is 4.57. The number of hydrogen-bond donors (Lipinski definition) is 2. The highest BCUT2D eigenvalue weighted by Crippen LogP contribution is 2.25. The van der Waals surface area contributed by atoms with Crippen molar-refractivity contribution in [2.75, 3.05) is 6.54 Å². The van der Waals surface area contributed by atoms with Crippen molar-refractivity contribution in [1.29, 1.82) is 0 Å². The van der Waals surface area contributed by atoms with Crippen LogP contribution in [0.25, 0.3) is 22.2 Å². The van der Waals surface area contributed by atoms with Crippen molar-refractivity contribution >= 4 is 22.9 Å². The van der Waals surface area contributed by atoms with Crippen LogP contribution in [0.1, 0.15) is 15.9 Å². The van der Waals surface area contributed by atoms with Gasteiger partial charge in [-0.3, -0.25) is 9.79 Å². The molecule has 1 aromatic heterocycles. The van der Waals surface area contributed by atoms with Crippen molar-refractivity contribution in [2.45, 2.75) is 0 Å². The average Bonchev–Trinajstić information content (AvgIpc) is 2.75. The summed E-state index contributed by atoms with van der Waals surface area (Å²) in [4.78, 5) is 21.8. The first-order valence-electron chi connectivity index (χ1n) is 9.12. The summed E-state index contributed by atoms with van der Waals surface area (Å²) in [5.41, 5.74) is 3.40. The predicted molar refractivity (Wildman–Crippen MR) is 114 cm³/mol. The van der Waals surface area contributed by atoms with E-state index in [4.69, 9.17) is 0 Å². The van der Waals surface area contributed by atoms with Crippen LogP contribution in [0.15, 0.2) is 83.9 Å². The smallest absolute Gasteiger partial charge is 0.184 e. The quantitative estimate of drug-likeness (QED) is 0.390. The van der Waals surface area contributed by atoms with E-state index >= 15 is 0 Å². The van der Waals surface area contributed by atoms with Gasteiger partial charge in [0.2, 0.25) is 0 Å². The zero-order valence-electron chi connectivity index (χ0n) is 15.5. The van der Waals surface area contributed by atoms with Crippen molar-refractivity contribution in [1.82, 2.24) is 4.98 Å². The summed E-state index contributed by atoms with van der Waals surface area (Å²) in [6.45, 7) is -0.0669. The minimum Gasteiger partial charge on any atom is -0.508 e. The van der Waals surface area contributed by atoms with Crippen LogP contribution in [0.2, 0.25) is 0 Å². The molecule has 0 spiro atoms. The number of aromatic nitrogens is 1. The molecule has 0 saturated heterocycles. The maximum absolute atomic E-state index is 12.9. The molecule has 3 aromatic carbocycles. The van der Waals surface area contributed by atoms with Gasteiger partial charge in [-0.1, -0.05) is 48.5 Å². The molecule has 1 heterocycles. The fourth-order valence-corrected chi connectivity index (χ4v) is 3.12. The SMILES string of the molecule is O=C(CN=Cc1ccc(O)cc1O)c1cc(-c2ccccc2)nc2ccccc12. The number of pyridine rings is 1. The molecule has 2 N–H and O–H groups in total. The zero-order chi connectivity index (χ0) is 20.2. The minimum absolute atomic E-state index is 0.0348.